The summed E-state index contributed by atoms with van der Waals surface area (Å²) in [5.41, 5.74) is 6.74. The van der Waals surface area contributed by atoms with Gasteiger partial charge < -0.3 is 11.1 Å². The number of carbonyl (C=O) groups excluding carboxylic acids is 1. The lowest BCUT2D eigenvalue weighted by atomic mass is 10.0. The summed E-state index contributed by atoms with van der Waals surface area (Å²) in [5.74, 6) is 0.0208. The van der Waals surface area contributed by atoms with Crippen molar-refractivity contribution >= 4 is 18.3 Å². The molecule has 0 aliphatic rings. The molecule has 0 aliphatic carbocycles. The molecule has 0 spiro atoms. The van der Waals surface area contributed by atoms with Crippen LogP contribution in [0.4, 0.5) is 0 Å². The highest BCUT2D eigenvalue weighted by atomic mass is 35.5. The Morgan fingerprint density at radius 3 is 2.53 bits per heavy atom. The number of aromatic nitrogens is 1. The van der Waals surface area contributed by atoms with Gasteiger partial charge in [-0.05, 0) is 24.5 Å². The lowest BCUT2D eigenvalue weighted by Gasteiger charge is -2.19. The van der Waals surface area contributed by atoms with Crippen LogP contribution >= 0.6 is 12.4 Å². The van der Waals surface area contributed by atoms with Gasteiger partial charge in [-0.25, -0.2) is 0 Å². The van der Waals surface area contributed by atoms with Crippen molar-refractivity contribution in [2.45, 2.75) is 32.9 Å². The van der Waals surface area contributed by atoms with Crippen molar-refractivity contribution in [3.63, 3.8) is 0 Å². The van der Waals surface area contributed by atoms with Crippen LogP contribution in [-0.4, -0.2) is 16.9 Å². The highest BCUT2D eigenvalue weighted by Gasteiger charge is 2.19. The third-order valence-electron chi connectivity index (χ3n) is 2.56. The van der Waals surface area contributed by atoms with Gasteiger partial charge in [0.1, 0.15) is 0 Å². The highest BCUT2D eigenvalue weighted by molar-refractivity contribution is 5.85. The number of nitrogens with one attached hydrogen (secondary N) is 1. The fraction of sp³-hybridized carbons (Fsp3) is 0.500. The molecule has 1 aromatic heterocycles. The molecule has 4 nitrogen and oxygen atoms in total. The molecular weight excluding hydrogens is 238 g/mol. The number of pyridine rings is 1. The molecule has 17 heavy (non-hydrogen) atoms. The first-order valence-corrected chi connectivity index (χ1v) is 5.48. The number of halogens is 1. The zero-order chi connectivity index (χ0) is 12.1. The van der Waals surface area contributed by atoms with Gasteiger partial charge in [0.2, 0.25) is 5.91 Å². The largest absolute Gasteiger partial charge is 0.348 e. The Labute approximate surface area is 108 Å². The summed E-state index contributed by atoms with van der Waals surface area (Å²) in [5, 5.41) is 2.87. The Morgan fingerprint density at radius 1 is 1.41 bits per heavy atom. The fourth-order valence-electron chi connectivity index (χ4n) is 1.33. The predicted octanol–water partition coefficient (Wildman–Crippen LogP) is 1.66. The summed E-state index contributed by atoms with van der Waals surface area (Å²) in [6, 6.07) is 3.25. The summed E-state index contributed by atoms with van der Waals surface area (Å²) in [6.45, 7) is 5.78. The van der Waals surface area contributed by atoms with E-state index in [2.05, 4.69) is 10.3 Å². The van der Waals surface area contributed by atoms with Crippen molar-refractivity contribution in [1.29, 1.82) is 0 Å². The van der Waals surface area contributed by atoms with Crippen molar-refractivity contribution in [3.8, 4) is 0 Å². The van der Waals surface area contributed by atoms with E-state index in [0.717, 1.165) is 5.56 Å². The Hall–Kier alpha value is -1.13. The van der Waals surface area contributed by atoms with Gasteiger partial charge in [0.25, 0.3) is 0 Å². The first-order chi connectivity index (χ1) is 7.52. The normalized spacial score (nSPS) is 13.7. The molecule has 0 saturated carbocycles. The Balaban J connectivity index is 0.00000256. The molecule has 1 heterocycles. The molecule has 0 aliphatic heterocycles. The van der Waals surface area contributed by atoms with E-state index in [0.29, 0.717) is 0 Å². The van der Waals surface area contributed by atoms with Crippen LogP contribution in [0.5, 0.6) is 0 Å². The molecule has 2 unspecified atom stereocenters. The van der Waals surface area contributed by atoms with Gasteiger partial charge in [0, 0.05) is 12.4 Å². The van der Waals surface area contributed by atoms with Crippen LogP contribution in [0, 0.1) is 5.92 Å². The van der Waals surface area contributed by atoms with Crippen LogP contribution in [-0.2, 0) is 4.79 Å². The third-order valence-corrected chi connectivity index (χ3v) is 2.56. The molecule has 1 rings (SSSR count). The molecule has 0 aromatic carbocycles. The van der Waals surface area contributed by atoms with Crippen molar-refractivity contribution in [3.05, 3.63) is 30.1 Å². The summed E-state index contributed by atoms with van der Waals surface area (Å²) in [4.78, 5) is 15.7. The number of amides is 1. The van der Waals surface area contributed by atoms with Gasteiger partial charge in [-0.2, -0.15) is 0 Å². The van der Waals surface area contributed by atoms with Crippen LogP contribution in [0.15, 0.2) is 24.5 Å². The number of hydrogen-bond donors (Lipinski definition) is 2. The van der Waals surface area contributed by atoms with Crippen LogP contribution in [0.2, 0.25) is 0 Å². The van der Waals surface area contributed by atoms with E-state index >= 15 is 0 Å². The minimum absolute atomic E-state index is 0. The molecular formula is C12H20ClN3O. The zero-order valence-electron chi connectivity index (χ0n) is 10.4. The number of carbonyl (C=O) groups is 1. The van der Waals surface area contributed by atoms with Crippen molar-refractivity contribution in [1.82, 2.24) is 10.3 Å². The van der Waals surface area contributed by atoms with E-state index in [1.165, 1.54) is 0 Å². The molecule has 0 saturated heterocycles. The summed E-state index contributed by atoms with van der Waals surface area (Å²) in [7, 11) is 0. The Bertz CT molecular complexity index is 343. The van der Waals surface area contributed by atoms with Crippen molar-refractivity contribution < 1.29 is 4.79 Å². The molecule has 3 N–H and O–H groups in total. The summed E-state index contributed by atoms with van der Waals surface area (Å²) >= 11 is 0. The first-order valence-electron chi connectivity index (χ1n) is 5.48. The molecule has 0 radical (unpaired) electrons. The number of hydrogen-bond acceptors (Lipinski definition) is 3. The smallest absolute Gasteiger partial charge is 0.237 e. The van der Waals surface area contributed by atoms with Crippen molar-refractivity contribution in [2.24, 2.45) is 11.7 Å². The maximum Gasteiger partial charge on any atom is 0.237 e. The molecule has 2 atom stereocenters. The second-order valence-corrected chi connectivity index (χ2v) is 4.29. The van der Waals surface area contributed by atoms with E-state index in [-0.39, 0.29) is 30.3 Å². The molecule has 1 aromatic rings. The van der Waals surface area contributed by atoms with Crippen LogP contribution in [0.25, 0.3) is 0 Å². The molecule has 5 heteroatoms. The average Bonchev–Trinajstić information content (AvgIpc) is 2.28. The van der Waals surface area contributed by atoms with E-state index < -0.39 is 6.04 Å². The number of nitrogens with two attached hydrogens (primary N) is 1. The monoisotopic (exact) mass is 257 g/mol. The average molecular weight is 258 g/mol. The number of rotatable bonds is 4. The minimum Gasteiger partial charge on any atom is -0.348 e. The Kier molecular flexibility index (Phi) is 6.76. The number of nitrogens with zero attached hydrogens (tertiary/aromatic N) is 1. The van der Waals surface area contributed by atoms with Gasteiger partial charge in [-0.15, -0.1) is 12.4 Å². The second kappa shape index (κ2) is 7.25. The molecule has 96 valence electrons. The maximum absolute atomic E-state index is 11.7. The Morgan fingerprint density at radius 2 is 2.06 bits per heavy atom. The van der Waals surface area contributed by atoms with E-state index in [1.54, 1.807) is 12.4 Å². The van der Waals surface area contributed by atoms with Gasteiger partial charge in [0.15, 0.2) is 0 Å². The lowest BCUT2D eigenvalue weighted by Crippen LogP contribution is -2.44. The minimum atomic E-state index is -0.459. The van der Waals surface area contributed by atoms with Gasteiger partial charge in [-0.1, -0.05) is 19.9 Å². The molecule has 0 bridgehead atoms. The third kappa shape index (κ3) is 4.71. The first kappa shape index (κ1) is 15.9. The van der Waals surface area contributed by atoms with Gasteiger partial charge in [0.05, 0.1) is 12.1 Å². The zero-order valence-corrected chi connectivity index (χ0v) is 11.2. The van der Waals surface area contributed by atoms with Gasteiger partial charge >= 0.3 is 0 Å². The van der Waals surface area contributed by atoms with Crippen LogP contribution in [0.1, 0.15) is 32.4 Å². The second-order valence-electron chi connectivity index (χ2n) is 4.29. The standard InChI is InChI=1S/C12H19N3O.ClH/c1-8(2)11(13)12(16)15-9(3)10-5-4-6-14-7-10;/h4-9,11H,13H2,1-3H3,(H,15,16);1H. The van der Waals surface area contributed by atoms with Crippen molar-refractivity contribution in [2.75, 3.05) is 0 Å². The van der Waals surface area contributed by atoms with E-state index in [4.69, 9.17) is 5.73 Å². The van der Waals surface area contributed by atoms with E-state index in [1.807, 2.05) is 32.9 Å². The topological polar surface area (TPSA) is 68.0 Å². The summed E-state index contributed by atoms with van der Waals surface area (Å²) < 4.78 is 0. The van der Waals surface area contributed by atoms with Crippen LogP contribution in [0.3, 0.4) is 0 Å². The fourth-order valence-corrected chi connectivity index (χ4v) is 1.33. The van der Waals surface area contributed by atoms with E-state index in [9.17, 15) is 4.79 Å². The maximum atomic E-state index is 11.7. The van der Waals surface area contributed by atoms with Crippen LogP contribution < -0.4 is 11.1 Å². The molecule has 1 amide bonds. The lowest BCUT2D eigenvalue weighted by molar-refractivity contribution is -0.123. The quantitative estimate of drug-likeness (QED) is 0.862. The highest BCUT2D eigenvalue weighted by Crippen LogP contribution is 2.10. The predicted molar refractivity (Wildman–Crippen MR) is 70.9 cm³/mol. The van der Waals surface area contributed by atoms with Gasteiger partial charge in [-0.3, -0.25) is 9.78 Å². The summed E-state index contributed by atoms with van der Waals surface area (Å²) in [6.07, 6.45) is 3.45. The SMILES string of the molecule is CC(NC(=O)C(N)C(C)C)c1cccnc1.Cl. The molecule has 0 fully saturated rings.